The molecule has 0 aromatic heterocycles. The van der Waals surface area contributed by atoms with Crippen LogP contribution in [0.1, 0.15) is 24.0 Å². The topological polar surface area (TPSA) is 21.3 Å². The molecule has 1 aliphatic rings. The van der Waals surface area contributed by atoms with Gasteiger partial charge in [0.2, 0.25) is 0 Å². The smallest absolute Gasteiger partial charge is 0.119 e. The number of hydrogen-bond acceptors (Lipinski definition) is 2. The first-order valence-electron chi connectivity index (χ1n) is 6.89. The van der Waals surface area contributed by atoms with Crippen LogP contribution in [0.25, 0.3) is 0 Å². The number of hydrogen-bond donors (Lipinski definition) is 1. The van der Waals surface area contributed by atoms with Crippen LogP contribution in [0.5, 0.6) is 5.75 Å². The van der Waals surface area contributed by atoms with E-state index in [2.05, 4.69) is 29.6 Å². The fourth-order valence-corrected chi connectivity index (χ4v) is 1.99. The molecule has 2 aromatic carbocycles. The van der Waals surface area contributed by atoms with Crippen molar-refractivity contribution in [3.8, 4) is 5.75 Å². The maximum Gasteiger partial charge on any atom is 0.119 e. The molecule has 0 atom stereocenters. The Kier molecular flexibility index (Phi) is 5.45. The highest BCUT2D eigenvalue weighted by atomic mass is 35.5. The van der Waals surface area contributed by atoms with Crippen LogP contribution in [0.4, 0.5) is 0 Å². The maximum atomic E-state index is 5.76. The van der Waals surface area contributed by atoms with Crippen LogP contribution in [0.15, 0.2) is 54.6 Å². The van der Waals surface area contributed by atoms with Gasteiger partial charge in [0, 0.05) is 12.6 Å². The Labute approximate surface area is 126 Å². The lowest BCUT2D eigenvalue weighted by atomic mass is 10.2. The Hall–Kier alpha value is -1.51. The molecule has 20 heavy (non-hydrogen) atoms. The minimum absolute atomic E-state index is 0. The summed E-state index contributed by atoms with van der Waals surface area (Å²) in [7, 11) is 0. The molecule has 0 radical (unpaired) electrons. The summed E-state index contributed by atoms with van der Waals surface area (Å²) in [6.45, 7) is 1.59. The summed E-state index contributed by atoms with van der Waals surface area (Å²) < 4.78 is 5.76. The van der Waals surface area contributed by atoms with Gasteiger partial charge >= 0.3 is 0 Å². The van der Waals surface area contributed by atoms with Crippen molar-refractivity contribution in [2.75, 3.05) is 0 Å². The monoisotopic (exact) mass is 289 g/mol. The summed E-state index contributed by atoms with van der Waals surface area (Å²) >= 11 is 0. The number of nitrogens with one attached hydrogen (secondary N) is 1. The maximum absolute atomic E-state index is 5.76. The second kappa shape index (κ2) is 7.32. The molecule has 0 amide bonds. The molecular formula is C17H20ClNO. The number of rotatable bonds is 6. The highest BCUT2D eigenvalue weighted by Crippen LogP contribution is 2.20. The normalized spacial score (nSPS) is 13.6. The van der Waals surface area contributed by atoms with Crippen LogP contribution in [0, 0.1) is 0 Å². The first-order valence-corrected chi connectivity index (χ1v) is 6.89. The van der Waals surface area contributed by atoms with Gasteiger partial charge in [-0.2, -0.15) is 0 Å². The van der Waals surface area contributed by atoms with Crippen molar-refractivity contribution in [2.45, 2.75) is 32.0 Å². The molecule has 1 N–H and O–H groups in total. The van der Waals surface area contributed by atoms with Gasteiger partial charge in [-0.15, -0.1) is 12.4 Å². The molecule has 0 heterocycles. The summed E-state index contributed by atoms with van der Waals surface area (Å²) in [5.74, 6) is 0.930. The second-order valence-electron chi connectivity index (χ2n) is 5.07. The Morgan fingerprint density at radius 1 is 0.900 bits per heavy atom. The van der Waals surface area contributed by atoms with Crippen molar-refractivity contribution >= 4 is 12.4 Å². The first kappa shape index (κ1) is 14.9. The molecule has 2 aromatic rings. The van der Waals surface area contributed by atoms with E-state index in [1.165, 1.54) is 24.0 Å². The molecule has 0 spiro atoms. The second-order valence-corrected chi connectivity index (χ2v) is 5.07. The van der Waals surface area contributed by atoms with Gasteiger partial charge in [0.05, 0.1) is 0 Å². The molecule has 106 valence electrons. The van der Waals surface area contributed by atoms with Crippen molar-refractivity contribution in [3.63, 3.8) is 0 Å². The van der Waals surface area contributed by atoms with E-state index in [-0.39, 0.29) is 12.4 Å². The van der Waals surface area contributed by atoms with Crippen LogP contribution < -0.4 is 10.1 Å². The molecule has 0 saturated heterocycles. The molecule has 0 unspecified atom stereocenters. The third-order valence-electron chi connectivity index (χ3n) is 3.34. The summed E-state index contributed by atoms with van der Waals surface area (Å²) in [6.07, 6.45) is 2.66. The van der Waals surface area contributed by atoms with Crippen molar-refractivity contribution < 1.29 is 4.74 Å². The lowest BCUT2D eigenvalue weighted by Crippen LogP contribution is -2.15. The van der Waals surface area contributed by atoms with Crippen molar-refractivity contribution in [1.82, 2.24) is 5.32 Å². The zero-order valence-electron chi connectivity index (χ0n) is 11.4. The van der Waals surface area contributed by atoms with E-state index in [4.69, 9.17) is 4.74 Å². The average Bonchev–Trinajstić information content (AvgIpc) is 3.29. The van der Waals surface area contributed by atoms with Gasteiger partial charge in [-0.3, -0.25) is 0 Å². The quantitative estimate of drug-likeness (QED) is 0.870. The lowest BCUT2D eigenvalue weighted by Gasteiger charge is -2.08. The van der Waals surface area contributed by atoms with E-state index in [1.807, 2.05) is 30.3 Å². The zero-order chi connectivity index (χ0) is 12.9. The van der Waals surface area contributed by atoms with Crippen molar-refractivity contribution in [3.05, 3.63) is 65.7 Å². The highest BCUT2D eigenvalue weighted by Gasteiger charge is 2.19. The van der Waals surface area contributed by atoms with Gasteiger partial charge in [0.25, 0.3) is 0 Å². The predicted octanol–water partition coefficient (Wildman–Crippen LogP) is 3.94. The molecule has 1 saturated carbocycles. The van der Waals surface area contributed by atoms with Gasteiger partial charge in [0.1, 0.15) is 12.4 Å². The van der Waals surface area contributed by atoms with Gasteiger partial charge in [0.15, 0.2) is 0 Å². The van der Waals surface area contributed by atoms with Crippen LogP contribution in [0.2, 0.25) is 0 Å². The van der Waals surface area contributed by atoms with Gasteiger partial charge in [-0.05, 0) is 36.1 Å². The Morgan fingerprint density at radius 3 is 2.25 bits per heavy atom. The Morgan fingerprint density at radius 2 is 1.60 bits per heavy atom. The van der Waals surface area contributed by atoms with Crippen LogP contribution in [-0.4, -0.2) is 6.04 Å². The van der Waals surface area contributed by atoms with Crippen molar-refractivity contribution in [2.24, 2.45) is 0 Å². The summed E-state index contributed by atoms with van der Waals surface area (Å²) in [4.78, 5) is 0. The van der Waals surface area contributed by atoms with E-state index in [0.717, 1.165) is 18.3 Å². The van der Waals surface area contributed by atoms with Crippen LogP contribution >= 0.6 is 12.4 Å². The molecule has 1 aliphatic carbocycles. The fourth-order valence-electron chi connectivity index (χ4n) is 1.99. The van der Waals surface area contributed by atoms with Crippen LogP contribution in [-0.2, 0) is 13.2 Å². The Balaban J connectivity index is 0.00000147. The van der Waals surface area contributed by atoms with Gasteiger partial charge in [-0.1, -0.05) is 42.5 Å². The average molecular weight is 290 g/mol. The molecule has 3 rings (SSSR count). The largest absolute Gasteiger partial charge is 0.489 e. The minimum atomic E-state index is 0. The summed E-state index contributed by atoms with van der Waals surface area (Å²) in [5.41, 5.74) is 2.51. The highest BCUT2D eigenvalue weighted by molar-refractivity contribution is 5.85. The fraction of sp³-hybridized carbons (Fsp3) is 0.294. The molecule has 2 nitrogen and oxygen atoms in total. The third kappa shape index (κ3) is 4.55. The standard InChI is InChI=1S/C17H19NO.ClH/c1-2-4-15(5-3-1)13-19-17-10-6-14(7-11-17)12-18-16-8-9-16;/h1-7,10-11,16,18H,8-9,12-13H2;1H. The molecule has 3 heteroatoms. The van der Waals surface area contributed by atoms with Crippen molar-refractivity contribution in [1.29, 1.82) is 0 Å². The van der Waals surface area contributed by atoms with E-state index in [9.17, 15) is 0 Å². The van der Waals surface area contributed by atoms with E-state index in [1.54, 1.807) is 0 Å². The summed E-state index contributed by atoms with van der Waals surface area (Å²) in [5, 5.41) is 3.51. The number of halogens is 1. The third-order valence-corrected chi connectivity index (χ3v) is 3.34. The van der Waals surface area contributed by atoms with Crippen LogP contribution in [0.3, 0.4) is 0 Å². The first-order chi connectivity index (χ1) is 9.40. The predicted molar refractivity (Wildman–Crippen MR) is 84.3 cm³/mol. The van der Waals surface area contributed by atoms with Gasteiger partial charge < -0.3 is 10.1 Å². The zero-order valence-corrected chi connectivity index (χ0v) is 12.2. The van der Waals surface area contributed by atoms with Gasteiger partial charge in [-0.25, -0.2) is 0 Å². The lowest BCUT2D eigenvalue weighted by molar-refractivity contribution is 0.306. The molecule has 1 fully saturated rings. The Bertz CT molecular complexity index is 508. The summed E-state index contributed by atoms with van der Waals surface area (Å²) in [6, 6.07) is 19.4. The molecule has 0 bridgehead atoms. The molecule has 0 aliphatic heterocycles. The number of benzene rings is 2. The number of ether oxygens (including phenoxy) is 1. The van der Waals surface area contributed by atoms with E-state index in [0.29, 0.717) is 6.61 Å². The molecular weight excluding hydrogens is 270 g/mol. The van der Waals surface area contributed by atoms with E-state index >= 15 is 0 Å². The SMILES string of the molecule is Cl.c1ccc(COc2ccc(CNC3CC3)cc2)cc1. The minimum Gasteiger partial charge on any atom is -0.489 e. The van der Waals surface area contributed by atoms with E-state index < -0.39 is 0 Å².